The van der Waals surface area contributed by atoms with E-state index in [9.17, 15) is 8.42 Å². The van der Waals surface area contributed by atoms with E-state index in [-0.39, 0.29) is 10.9 Å². The van der Waals surface area contributed by atoms with E-state index in [2.05, 4.69) is 10.1 Å². The predicted molar refractivity (Wildman–Crippen MR) is 103 cm³/mol. The minimum absolute atomic E-state index is 0.199. The normalized spacial score (nSPS) is 17.7. The van der Waals surface area contributed by atoms with Crippen molar-refractivity contribution >= 4 is 10.0 Å². The van der Waals surface area contributed by atoms with Gasteiger partial charge in [0.25, 0.3) is 0 Å². The van der Waals surface area contributed by atoms with E-state index in [1.807, 2.05) is 19.1 Å². The molecular formula is C20H21N3O4S. The van der Waals surface area contributed by atoms with Crippen LogP contribution in [0.25, 0.3) is 11.1 Å². The predicted octanol–water partition coefficient (Wildman–Crippen LogP) is 3.58. The summed E-state index contributed by atoms with van der Waals surface area (Å²) in [5, 5.41) is 3.90. The largest absolute Gasteiger partial charge is 0.496 e. The Morgan fingerprint density at radius 2 is 1.96 bits per heavy atom. The molecule has 1 fully saturated rings. The first-order valence-corrected chi connectivity index (χ1v) is 10.5. The number of hydrogen-bond acceptors (Lipinski definition) is 6. The van der Waals surface area contributed by atoms with Crippen LogP contribution in [-0.4, -0.2) is 36.5 Å². The van der Waals surface area contributed by atoms with Crippen molar-refractivity contribution < 1.29 is 17.7 Å². The van der Waals surface area contributed by atoms with E-state index in [0.29, 0.717) is 24.5 Å². The second kappa shape index (κ2) is 7.37. The van der Waals surface area contributed by atoms with Gasteiger partial charge in [0, 0.05) is 36.6 Å². The lowest BCUT2D eigenvalue weighted by molar-refractivity contribution is 0.297. The SMILES string of the molecule is COc1cc(S(=O)(=O)N2CCCC2c2cc(C)no2)ccc1-c1ccncc1. The van der Waals surface area contributed by atoms with Gasteiger partial charge >= 0.3 is 0 Å². The van der Waals surface area contributed by atoms with E-state index in [0.717, 1.165) is 23.2 Å². The van der Waals surface area contributed by atoms with Crippen LogP contribution in [-0.2, 0) is 10.0 Å². The van der Waals surface area contributed by atoms with Crippen LogP contribution in [0.4, 0.5) is 0 Å². The van der Waals surface area contributed by atoms with Gasteiger partial charge in [0.05, 0.1) is 23.7 Å². The molecule has 146 valence electrons. The Kier molecular flexibility index (Phi) is 4.91. The third-order valence-corrected chi connectivity index (χ3v) is 6.85. The molecule has 4 rings (SSSR count). The Morgan fingerprint density at radius 3 is 2.64 bits per heavy atom. The number of hydrogen-bond donors (Lipinski definition) is 0. The highest BCUT2D eigenvalue weighted by Gasteiger charge is 2.38. The van der Waals surface area contributed by atoms with Gasteiger partial charge < -0.3 is 9.26 Å². The topological polar surface area (TPSA) is 85.5 Å². The second-order valence-electron chi connectivity index (χ2n) is 6.74. The molecule has 7 nitrogen and oxygen atoms in total. The Hall–Kier alpha value is -2.71. The van der Waals surface area contributed by atoms with Crippen LogP contribution in [0.5, 0.6) is 5.75 Å². The molecule has 1 aliphatic heterocycles. The average Bonchev–Trinajstić information content (AvgIpc) is 3.37. The molecule has 2 aromatic heterocycles. The summed E-state index contributed by atoms with van der Waals surface area (Å²) in [5.41, 5.74) is 2.46. The van der Waals surface area contributed by atoms with Gasteiger partial charge in [0.1, 0.15) is 5.75 Å². The first-order valence-electron chi connectivity index (χ1n) is 9.04. The molecular weight excluding hydrogens is 378 g/mol. The van der Waals surface area contributed by atoms with E-state index in [1.165, 1.54) is 11.4 Å². The van der Waals surface area contributed by atoms with Crippen molar-refractivity contribution in [3.63, 3.8) is 0 Å². The molecule has 1 aromatic carbocycles. The number of sulfonamides is 1. The molecule has 1 atom stereocenters. The number of pyridine rings is 1. The van der Waals surface area contributed by atoms with Gasteiger partial charge in [0.15, 0.2) is 5.76 Å². The van der Waals surface area contributed by atoms with Crippen LogP contribution in [0.15, 0.2) is 58.2 Å². The van der Waals surface area contributed by atoms with E-state index in [1.54, 1.807) is 36.7 Å². The maximum atomic E-state index is 13.3. The minimum atomic E-state index is -3.71. The van der Waals surface area contributed by atoms with Crippen molar-refractivity contribution in [2.24, 2.45) is 0 Å². The van der Waals surface area contributed by atoms with Gasteiger partial charge in [-0.15, -0.1) is 0 Å². The molecule has 0 aliphatic carbocycles. The number of nitrogens with zero attached hydrogens (tertiary/aromatic N) is 3. The summed E-state index contributed by atoms with van der Waals surface area (Å²) in [6.07, 6.45) is 4.86. The van der Waals surface area contributed by atoms with Crippen molar-refractivity contribution in [3.05, 3.63) is 60.2 Å². The van der Waals surface area contributed by atoms with Crippen LogP contribution in [0.3, 0.4) is 0 Å². The Balaban J connectivity index is 1.71. The fourth-order valence-electron chi connectivity index (χ4n) is 3.59. The van der Waals surface area contributed by atoms with Crippen LogP contribution in [0.1, 0.15) is 30.3 Å². The summed E-state index contributed by atoms with van der Waals surface area (Å²) < 4.78 is 39.0. The molecule has 1 saturated heterocycles. The van der Waals surface area contributed by atoms with Gasteiger partial charge in [-0.25, -0.2) is 8.42 Å². The monoisotopic (exact) mass is 399 g/mol. The lowest BCUT2D eigenvalue weighted by Gasteiger charge is -2.22. The van der Waals surface area contributed by atoms with Gasteiger partial charge in [-0.1, -0.05) is 5.16 Å². The number of methoxy groups -OCH3 is 1. The molecule has 1 aliphatic rings. The fourth-order valence-corrected chi connectivity index (χ4v) is 5.27. The lowest BCUT2D eigenvalue weighted by Crippen LogP contribution is -2.30. The molecule has 0 amide bonds. The van der Waals surface area contributed by atoms with Crippen molar-refractivity contribution in [1.82, 2.24) is 14.4 Å². The summed E-state index contributed by atoms with van der Waals surface area (Å²) in [5.74, 6) is 1.08. The summed E-state index contributed by atoms with van der Waals surface area (Å²) in [6.45, 7) is 2.27. The van der Waals surface area contributed by atoms with Crippen molar-refractivity contribution in [2.75, 3.05) is 13.7 Å². The molecule has 3 heterocycles. The van der Waals surface area contributed by atoms with Crippen LogP contribution in [0, 0.1) is 6.92 Å². The molecule has 8 heteroatoms. The average molecular weight is 399 g/mol. The number of ether oxygens (including phenoxy) is 1. The Morgan fingerprint density at radius 1 is 1.18 bits per heavy atom. The second-order valence-corrected chi connectivity index (χ2v) is 8.63. The van der Waals surface area contributed by atoms with Crippen LogP contribution < -0.4 is 4.74 Å². The van der Waals surface area contributed by atoms with E-state index >= 15 is 0 Å². The molecule has 0 saturated carbocycles. The summed E-state index contributed by atoms with van der Waals surface area (Å²) >= 11 is 0. The molecule has 0 radical (unpaired) electrons. The molecule has 0 spiro atoms. The quantitative estimate of drug-likeness (QED) is 0.652. The standard InChI is InChI=1S/C20H21N3O4S/c1-14-12-20(27-22-14)18-4-3-11-23(18)28(24,25)16-5-6-17(19(13-16)26-2)15-7-9-21-10-8-15/h5-10,12-13,18H,3-4,11H2,1-2H3. The molecule has 1 unspecified atom stereocenters. The molecule has 0 N–H and O–H groups in total. The summed E-state index contributed by atoms with van der Waals surface area (Å²) in [6, 6.07) is 10.1. The Labute approximate surface area is 164 Å². The lowest BCUT2D eigenvalue weighted by atomic mass is 10.1. The minimum Gasteiger partial charge on any atom is -0.496 e. The third-order valence-electron chi connectivity index (χ3n) is 4.95. The van der Waals surface area contributed by atoms with Gasteiger partial charge in [-0.2, -0.15) is 4.31 Å². The molecule has 28 heavy (non-hydrogen) atoms. The number of aryl methyl sites for hydroxylation is 1. The fraction of sp³-hybridized carbons (Fsp3) is 0.300. The van der Waals surface area contributed by atoms with Crippen LogP contribution >= 0.6 is 0 Å². The highest BCUT2D eigenvalue weighted by Crippen LogP contribution is 2.39. The third kappa shape index (κ3) is 3.29. The summed E-state index contributed by atoms with van der Waals surface area (Å²) in [4.78, 5) is 4.22. The number of benzene rings is 1. The van der Waals surface area contributed by atoms with Gasteiger partial charge in [-0.3, -0.25) is 4.98 Å². The smallest absolute Gasteiger partial charge is 0.243 e. The maximum absolute atomic E-state index is 13.3. The highest BCUT2D eigenvalue weighted by atomic mass is 32.2. The first-order chi connectivity index (χ1) is 13.5. The summed E-state index contributed by atoms with van der Waals surface area (Å²) in [7, 11) is -2.17. The first kappa shape index (κ1) is 18.6. The van der Waals surface area contributed by atoms with Crippen molar-refractivity contribution in [1.29, 1.82) is 0 Å². The maximum Gasteiger partial charge on any atom is 0.243 e. The number of rotatable bonds is 5. The van der Waals surface area contributed by atoms with Crippen LogP contribution in [0.2, 0.25) is 0 Å². The van der Waals surface area contributed by atoms with Gasteiger partial charge in [-0.05, 0) is 49.6 Å². The number of aromatic nitrogens is 2. The van der Waals surface area contributed by atoms with Gasteiger partial charge in [0.2, 0.25) is 10.0 Å². The van der Waals surface area contributed by atoms with E-state index in [4.69, 9.17) is 9.26 Å². The Bertz CT molecular complexity index is 1080. The zero-order valence-electron chi connectivity index (χ0n) is 15.7. The zero-order valence-corrected chi connectivity index (χ0v) is 16.5. The zero-order chi connectivity index (χ0) is 19.7. The van der Waals surface area contributed by atoms with E-state index < -0.39 is 10.0 Å². The highest BCUT2D eigenvalue weighted by molar-refractivity contribution is 7.89. The molecule has 0 bridgehead atoms. The van der Waals surface area contributed by atoms with Crippen molar-refractivity contribution in [3.8, 4) is 16.9 Å². The molecule has 3 aromatic rings. The van der Waals surface area contributed by atoms with Crippen molar-refractivity contribution in [2.45, 2.75) is 30.7 Å².